The van der Waals surface area contributed by atoms with Gasteiger partial charge in [0.1, 0.15) is 12.9 Å². The van der Waals surface area contributed by atoms with E-state index in [1.807, 2.05) is 49.4 Å². The Morgan fingerprint density at radius 1 is 1.07 bits per heavy atom. The first-order chi connectivity index (χ1) is 13.6. The van der Waals surface area contributed by atoms with Gasteiger partial charge in [0.25, 0.3) is 0 Å². The van der Waals surface area contributed by atoms with E-state index < -0.39 is 20.5 Å². The second-order valence-corrected chi connectivity index (χ2v) is 13.7. The molecule has 1 aromatic rings. The monoisotopic (exact) mass is 424 g/mol. The van der Waals surface area contributed by atoms with Gasteiger partial charge in [0.15, 0.2) is 8.32 Å². The van der Waals surface area contributed by atoms with E-state index in [-0.39, 0.29) is 17.9 Å². The van der Waals surface area contributed by atoms with E-state index in [1.165, 1.54) is 0 Å². The molecule has 0 saturated carbocycles. The van der Waals surface area contributed by atoms with Crippen molar-refractivity contribution >= 4 is 8.32 Å². The molecular weight excluding hydrogens is 384 g/mol. The van der Waals surface area contributed by atoms with Crippen molar-refractivity contribution in [3.63, 3.8) is 0 Å². The van der Waals surface area contributed by atoms with Crippen molar-refractivity contribution in [3.8, 4) is 0 Å². The van der Waals surface area contributed by atoms with Crippen LogP contribution in [0.15, 0.2) is 42.5 Å². The number of ether oxygens (including phenoxy) is 3. The molecule has 1 aromatic carbocycles. The zero-order valence-corrected chi connectivity index (χ0v) is 20.2. The summed E-state index contributed by atoms with van der Waals surface area (Å²) in [6.07, 6.45) is 3.03. The standard InChI is InChI=1S/C23H40O5Si/c1-19(26-17-20-11-9-8-10-12-20)13-14-22(27-18-25-5)21(24)15-16-28-29(6,7)23(2,3)4/h8-14,19,21-22,24H,15-18H2,1-7H3/b14-13+/t19-,21+,22+/m1/s1. The molecule has 6 heteroatoms. The molecule has 0 aliphatic carbocycles. The molecule has 0 aromatic heterocycles. The molecule has 166 valence electrons. The molecule has 1 N–H and O–H groups in total. The smallest absolute Gasteiger partial charge is 0.191 e. The molecule has 0 aliphatic rings. The van der Waals surface area contributed by atoms with Crippen molar-refractivity contribution in [2.45, 2.75) is 77.2 Å². The van der Waals surface area contributed by atoms with Crippen molar-refractivity contribution in [2.75, 3.05) is 20.5 Å². The summed E-state index contributed by atoms with van der Waals surface area (Å²) >= 11 is 0. The van der Waals surface area contributed by atoms with Crippen LogP contribution in [-0.2, 0) is 25.2 Å². The van der Waals surface area contributed by atoms with Gasteiger partial charge in [-0.25, -0.2) is 0 Å². The normalized spacial score (nSPS) is 16.1. The summed E-state index contributed by atoms with van der Waals surface area (Å²) in [5.41, 5.74) is 1.13. The van der Waals surface area contributed by atoms with E-state index in [2.05, 4.69) is 33.9 Å². The number of aliphatic hydroxyl groups is 1. The minimum Gasteiger partial charge on any atom is -0.417 e. The highest BCUT2D eigenvalue weighted by atomic mass is 28.4. The van der Waals surface area contributed by atoms with Crippen LogP contribution >= 0.6 is 0 Å². The van der Waals surface area contributed by atoms with Crippen LogP contribution in [0, 0.1) is 0 Å². The third-order valence-electron chi connectivity index (χ3n) is 5.37. The van der Waals surface area contributed by atoms with Crippen LogP contribution in [0.5, 0.6) is 0 Å². The first kappa shape index (κ1) is 26.0. The fourth-order valence-corrected chi connectivity index (χ4v) is 3.44. The zero-order chi connectivity index (χ0) is 21.9. The number of benzene rings is 1. The second-order valence-electron chi connectivity index (χ2n) is 8.89. The van der Waals surface area contributed by atoms with Gasteiger partial charge in [-0.05, 0) is 37.0 Å². The molecule has 0 fully saturated rings. The first-order valence-electron chi connectivity index (χ1n) is 10.3. The van der Waals surface area contributed by atoms with E-state index >= 15 is 0 Å². The molecule has 0 radical (unpaired) electrons. The zero-order valence-electron chi connectivity index (χ0n) is 19.2. The third kappa shape index (κ3) is 10.0. The Morgan fingerprint density at radius 2 is 1.72 bits per heavy atom. The fraction of sp³-hybridized carbons (Fsp3) is 0.652. The molecule has 3 atom stereocenters. The quantitative estimate of drug-likeness (QED) is 0.277. The molecule has 5 nitrogen and oxygen atoms in total. The van der Waals surface area contributed by atoms with Crippen LogP contribution in [0.3, 0.4) is 0 Å². The highest BCUT2D eigenvalue weighted by Gasteiger charge is 2.37. The highest BCUT2D eigenvalue weighted by molar-refractivity contribution is 6.74. The SMILES string of the molecule is COCO[C@@H](/C=C/[C@@H](C)OCc1ccccc1)[C@@H](O)CCO[Si](C)(C)C(C)(C)C. The molecule has 0 amide bonds. The number of hydrogen-bond acceptors (Lipinski definition) is 5. The van der Waals surface area contributed by atoms with Crippen LogP contribution in [-0.4, -0.2) is 52.2 Å². The lowest BCUT2D eigenvalue weighted by atomic mass is 10.1. The molecule has 0 spiro atoms. The van der Waals surface area contributed by atoms with Gasteiger partial charge in [-0.2, -0.15) is 0 Å². The number of methoxy groups -OCH3 is 1. The Labute approximate surface area is 178 Å². The predicted octanol–water partition coefficient (Wildman–Crippen LogP) is 4.91. The molecule has 0 aliphatic heterocycles. The Morgan fingerprint density at radius 3 is 2.31 bits per heavy atom. The summed E-state index contributed by atoms with van der Waals surface area (Å²) < 4.78 is 22.7. The van der Waals surface area contributed by atoms with E-state index in [1.54, 1.807) is 7.11 Å². The minimum atomic E-state index is -1.83. The van der Waals surface area contributed by atoms with Crippen molar-refractivity contribution in [1.29, 1.82) is 0 Å². The maximum Gasteiger partial charge on any atom is 0.191 e. The summed E-state index contributed by atoms with van der Waals surface area (Å²) in [5.74, 6) is 0. The van der Waals surface area contributed by atoms with Gasteiger partial charge in [-0.15, -0.1) is 0 Å². The largest absolute Gasteiger partial charge is 0.417 e. The Kier molecular flexibility index (Phi) is 11.3. The molecule has 0 bridgehead atoms. The number of hydrogen-bond donors (Lipinski definition) is 1. The minimum absolute atomic E-state index is 0.0977. The molecule has 0 saturated heterocycles. The average Bonchev–Trinajstić information content (AvgIpc) is 2.66. The van der Waals surface area contributed by atoms with E-state index in [0.29, 0.717) is 19.6 Å². The van der Waals surface area contributed by atoms with E-state index in [9.17, 15) is 5.11 Å². The summed E-state index contributed by atoms with van der Waals surface area (Å²) in [4.78, 5) is 0. The van der Waals surface area contributed by atoms with Gasteiger partial charge in [0.2, 0.25) is 0 Å². The molecule has 1 rings (SSSR count). The van der Waals surface area contributed by atoms with Crippen molar-refractivity contribution in [2.24, 2.45) is 0 Å². The number of rotatable bonds is 13. The van der Waals surface area contributed by atoms with E-state index in [4.69, 9.17) is 18.6 Å². The van der Waals surface area contributed by atoms with Crippen LogP contribution in [0.4, 0.5) is 0 Å². The molecular formula is C23H40O5Si. The maximum atomic E-state index is 10.6. The lowest BCUT2D eigenvalue weighted by Crippen LogP contribution is -2.42. The van der Waals surface area contributed by atoms with Gasteiger partial charge in [-0.3, -0.25) is 0 Å². The van der Waals surface area contributed by atoms with Crippen molar-refractivity contribution < 1.29 is 23.7 Å². The molecule has 0 unspecified atom stereocenters. The molecule has 0 heterocycles. The third-order valence-corrected chi connectivity index (χ3v) is 9.91. The average molecular weight is 425 g/mol. The Hall–Kier alpha value is -1.02. The van der Waals surface area contributed by atoms with Crippen LogP contribution in [0.1, 0.15) is 39.7 Å². The van der Waals surface area contributed by atoms with Crippen LogP contribution in [0.25, 0.3) is 0 Å². The van der Waals surface area contributed by atoms with Gasteiger partial charge >= 0.3 is 0 Å². The molecule has 29 heavy (non-hydrogen) atoms. The van der Waals surface area contributed by atoms with Gasteiger partial charge in [-0.1, -0.05) is 63.3 Å². The topological polar surface area (TPSA) is 57.2 Å². The fourth-order valence-electron chi connectivity index (χ4n) is 2.38. The lowest BCUT2D eigenvalue weighted by molar-refractivity contribution is -0.0964. The van der Waals surface area contributed by atoms with E-state index in [0.717, 1.165) is 5.56 Å². The van der Waals surface area contributed by atoms with Gasteiger partial charge < -0.3 is 23.7 Å². The van der Waals surface area contributed by atoms with Gasteiger partial charge in [0.05, 0.1) is 18.8 Å². The Bertz CT molecular complexity index is 583. The van der Waals surface area contributed by atoms with Crippen LogP contribution in [0.2, 0.25) is 18.1 Å². The summed E-state index contributed by atoms with van der Waals surface area (Å²) in [6, 6.07) is 10.0. The van der Waals surface area contributed by atoms with Crippen LogP contribution < -0.4 is 0 Å². The highest BCUT2D eigenvalue weighted by Crippen LogP contribution is 2.36. The number of aliphatic hydroxyl groups excluding tert-OH is 1. The second kappa shape index (κ2) is 12.6. The summed E-state index contributed by atoms with van der Waals surface area (Å²) in [7, 11) is -0.257. The first-order valence-corrected chi connectivity index (χ1v) is 13.2. The summed E-state index contributed by atoms with van der Waals surface area (Å²) in [5, 5.41) is 10.8. The maximum absolute atomic E-state index is 10.6. The Balaban J connectivity index is 2.54. The summed E-state index contributed by atoms with van der Waals surface area (Å²) in [6.45, 7) is 14.2. The predicted molar refractivity (Wildman–Crippen MR) is 120 cm³/mol. The van der Waals surface area contributed by atoms with Crippen molar-refractivity contribution in [3.05, 3.63) is 48.0 Å². The van der Waals surface area contributed by atoms with Crippen molar-refractivity contribution in [1.82, 2.24) is 0 Å². The lowest BCUT2D eigenvalue weighted by Gasteiger charge is -2.36. The van der Waals surface area contributed by atoms with Gasteiger partial charge in [0, 0.05) is 13.7 Å².